The molecule has 0 bridgehead atoms. The summed E-state index contributed by atoms with van der Waals surface area (Å²) in [5.74, 6) is 1.49. The minimum absolute atomic E-state index is 0.265. The standard InChI is InChI=1S/C11H11NO3/c1-13-9-5-3-8(4-6-9)10-7-12-11(14-2)15-10/h3-7H,1-2H3. The first kappa shape index (κ1) is 9.58. The number of nitrogens with zero attached hydrogens (tertiary/aromatic N) is 1. The summed E-state index contributed by atoms with van der Waals surface area (Å²) in [5.41, 5.74) is 0.937. The van der Waals surface area contributed by atoms with Gasteiger partial charge >= 0.3 is 6.08 Å². The van der Waals surface area contributed by atoms with Crippen LogP contribution in [0.15, 0.2) is 34.9 Å². The second kappa shape index (κ2) is 4.04. The molecule has 2 aromatic rings. The number of rotatable bonds is 3. The van der Waals surface area contributed by atoms with Crippen LogP contribution < -0.4 is 9.47 Å². The van der Waals surface area contributed by atoms with Gasteiger partial charge in [-0.1, -0.05) is 0 Å². The molecular weight excluding hydrogens is 194 g/mol. The monoisotopic (exact) mass is 205 g/mol. The third-order valence-electron chi connectivity index (χ3n) is 2.03. The van der Waals surface area contributed by atoms with Gasteiger partial charge in [0.05, 0.1) is 20.4 Å². The van der Waals surface area contributed by atoms with Crippen molar-refractivity contribution in [2.45, 2.75) is 0 Å². The normalized spacial score (nSPS) is 10.0. The maximum atomic E-state index is 5.32. The molecule has 1 aromatic heterocycles. The fourth-order valence-electron chi connectivity index (χ4n) is 1.24. The topological polar surface area (TPSA) is 44.5 Å². The molecule has 0 atom stereocenters. The molecular formula is C11H11NO3. The van der Waals surface area contributed by atoms with E-state index in [1.165, 1.54) is 7.11 Å². The van der Waals surface area contributed by atoms with Gasteiger partial charge in [0.15, 0.2) is 5.76 Å². The van der Waals surface area contributed by atoms with E-state index in [0.717, 1.165) is 11.3 Å². The van der Waals surface area contributed by atoms with E-state index in [-0.39, 0.29) is 6.08 Å². The summed E-state index contributed by atoms with van der Waals surface area (Å²) >= 11 is 0. The number of hydrogen-bond donors (Lipinski definition) is 0. The van der Waals surface area contributed by atoms with Gasteiger partial charge in [0, 0.05) is 5.56 Å². The fourth-order valence-corrected chi connectivity index (χ4v) is 1.24. The van der Waals surface area contributed by atoms with E-state index in [1.807, 2.05) is 24.3 Å². The van der Waals surface area contributed by atoms with Gasteiger partial charge in [-0.2, -0.15) is 4.98 Å². The molecule has 0 unspecified atom stereocenters. The molecule has 0 amide bonds. The highest BCUT2D eigenvalue weighted by Gasteiger charge is 2.05. The van der Waals surface area contributed by atoms with E-state index in [2.05, 4.69) is 4.98 Å². The molecule has 4 heteroatoms. The molecule has 0 radical (unpaired) electrons. The molecule has 0 spiro atoms. The second-order valence-electron chi connectivity index (χ2n) is 2.92. The summed E-state index contributed by atoms with van der Waals surface area (Å²) in [7, 11) is 3.15. The Morgan fingerprint density at radius 1 is 1.07 bits per heavy atom. The van der Waals surface area contributed by atoms with Crippen LogP contribution in [-0.4, -0.2) is 19.2 Å². The van der Waals surface area contributed by atoms with Crippen molar-refractivity contribution >= 4 is 0 Å². The Labute approximate surface area is 87.5 Å². The van der Waals surface area contributed by atoms with Gasteiger partial charge in [-0.05, 0) is 24.3 Å². The lowest BCUT2D eigenvalue weighted by atomic mass is 10.2. The minimum atomic E-state index is 0.265. The van der Waals surface area contributed by atoms with Crippen molar-refractivity contribution < 1.29 is 13.9 Å². The number of oxazole rings is 1. The third-order valence-corrected chi connectivity index (χ3v) is 2.03. The summed E-state index contributed by atoms with van der Waals surface area (Å²) in [6, 6.07) is 7.53. The molecule has 0 aliphatic carbocycles. The molecule has 1 aromatic carbocycles. The van der Waals surface area contributed by atoms with Gasteiger partial charge in [-0.3, -0.25) is 0 Å². The molecule has 0 saturated carbocycles. The Bertz CT molecular complexity index is 433. The molecule has 0 saturated heterocycles. The van der Waals surface area contributed by atoms with Crippen molar-refractivity contribution in [2.24, 2.45) is 0 Å². The zero-order valence-electron chi connectivity index (χ0n) is 8.56. The fraction of sp³-hybridized carbons (Fsp3) is 0.182. The lowest BCUT2D eigenvalue weighted by Gasteiger charge is -1.99. The van der Waals surface area contributed by atoms with Gasteiger partial charge in [-0.15, -0.1) is 0 Å². The van der Waals surface area contributed by atoms with Crippen LogP contribution in [0.1, 0.15) is 0 Å². The van der Waals surface area contributed by atoms with Crippen LogP contribution in [0.4, 0.5) is 0 Å². The summed E-state index contributed by atoms with van der Waals surface area (Å²) in [6.07, 6.45) is 1.89. The molecule has 78 valence electrons. The zero-order chi connectivity index (χ0) is 10.7. The van der Waals surface area contributed by atoms with E-state index < -0.39 is 0 Å². The summed E-state index contributed by atoms with van der Waals surface area (Å²) in [5, 5.41) is 0. The van der Waals surface area contributed by atoms with Crippen LogP contribution >= 0.6 is 0 Å². The molecule has 0 aliphatic heterocycles. The third kappa shape index (κ3) is 1.93. The van der Waals surface area contributed by atoms with Gasteiger partial charge in [0.1, 0.15) is 5.75 Å². The predicted molar refractivity (Wildman–Crippen MR) is 55.0 cm³/mol. The Morgan fingerprint density at radius 2 is 1.80 bits per heavy atom. The van der Waals surface area contributed by atoms with Gasteiger partial charge in [-0.25, -0.2) is 0 Å². The predicted octanol–water partition coefficient (Wildman–Crippen LogP) is 2.36. The Hall–Kier alpha value is -1.97. The lowest BCUT2D eigenvalue weighted by Crippen LogP contribution is -1.81. The van der Waals surface area contributed by atoms with Crippen LogP contribution in [0.3, 0.4) is 0 Å². The molecule has 15 heavy (non-hydrogen) atoms. The first-order valence-corrected chi connectivity index (χ1v) is 4.47. The van der Waals surface area contributed by atoms with Crippen LogP contribution in [0, 0.1) is 0 Å². The molecule has 1 heterocycles. The average Bonchev–Trinajstić information content (AvgIpc) is 2.78. The number of ether oxygens (including phenoxy) is 2. The molecule has 0 fully saturated rings. The van der Waals surface area contributed by atoms with Crippen molar-refractivity contribution in [3.63, 3.8) is 0 Å². The maximum absolute atomic E-state index is 5.32. The molecule has 0 aliphatic rings. The largest absolute Gasteiger partial charge is 0.497 e. The smallest absolute Gasteiger partial charge is 0.393 e. The lowest BCUT2D eigenvalue weighted by molar-refractivity contribution is 0.293. The number of benzene rings is 1. The van der Waals surface area contributed by atoms with E-state index in [0.29, 0.717) is 5.76 Å². The highest BCUT2D eigenvalue weighted by molar-refractivity contribution is 5.57. The van der Waals surface area contributed by atoms with Crippen molar-refractivity contribution in [3.8, 4) is 23.1 Å². The van der Waals surface area contributed by atoms with Crippen LogP contribution in [-0.2, 0) is 0 Å². The van der Waals surface area contributed by atoms with Gasteiger partial charge in [0.2, 0.25) is 0 Å². The highest BCUT2D eigenvalue weighted by Crippen LogP contribution is 2.25. The van der Waals surface area contributed by atoms with Crippen molar-refractivity contribution in [1.29, 1.82) is 0 Å². The highest BCUT2D eigenvalue weighted by atomic mass is 16.6. The van der Waals surface area contributed by atoms with Crippen molar-refractivity contribution in [3.05, 3.63) is 30.5 Å². The van der Waals surface area contributed by atoms with Crippen LogP contribution in [0.25, 0.3) is 11.3 Å². The summed E-state index contributed by atoms with van der Waals surface area (Å²) in [6.45, 7) is 0. The number of aromatic nitrogens is 1. The number of hydrogen-bond acceptors (Lipinski definition) is 4. The first-order valence-electron chi connectivity index (χ1n) is 4.47. The Kier molecular flexibility index (Phi) is 2.58. The van der Waals surface area contributed by atoms with E-state index in [1.54, 1.807) is 13.3 Å². The number of methoxy groups -OCH3 is 2. The van der Waals surface area contributed by atoms with E-state index in [9.17, 15) is 0 Å². The van der Waals surface area contributed by atoms with Crippen molar-refractivity contribution in [1.82, 2.24) is 4.98 Å². The molecule has 0 N–H and O–H groups in total. The maximum Gasteiger partial charge on any atom is 0.393 e. The molecule has 4 nitrogen and oxygen atoms in total. The summed E-state index contributed by atoms with van der Waals surface area (Å²) < 4.78 is 15.2. The van der Waals surface area contributed by atoms with Crippen LogP contribution in [0.2, 0.25) is 0 Å². The summed E-state index contributed by atoms with van der Waals surface area (Å²) in [4.78, 5) is 3.93. The van der Waals surface area contributed by atoms with E-state index >= 15 is 0 Å². The van der Waals surface area contributed by atoms with Gasteiger partial charge < -0.3 is 13.9 Å². The quantitative estimate of drug-likeness (QED) is 0.771. The van der Waals surface area contributed by atoms with Gasteiger partial charge in [0.25, 0.3) is 0 Å². The Balaban J connectivity index is 2.28. The molecule has 2 rings (SSSR count). The second-order valence-corrected chi connectivity index (χ2v) is 2.92. The average molecular weight is 205 g/mol. The zero-order valence-corrected chi connectivity index (χ0v) is 8.56. The first-order chi connectivity index (χ1) is 7.33. The SMILES string of the molecule is COc1ccc(-c2cnc(OC)o2)cc1. The Morgan fingerprint density at radius 3 is 2.33 bits per heavy atom. The van der Waals surface area contributed by atoms with Crippen molar-refractivity contribution in [2.75, 3.05) is 14.2 Å². The minimum Gasteiger partial charge on any atom is -0.497 e. The van der Waals surface area contributed by atoms with Crippen LogP contribution in [0.5, 0.6) is 11.8 Å². The van der Waals surface area contributed by atoms with E-state index in [4.69, 9.17) is 13.9 Å².